The van der Waals surface area contributed by atoms with Crippen molar-refractivity contribution in [3.8, 4) is 11.8 Å². The third-order valence-electron chi connectivity index (χ3n) is 3.27. The molecule has 0 aliphatic carbocycles. The van der Waals surface area contributed by atoms with Crippen LogP contribution in [0.3, 0.4) is 0 Å². The fraction of sp³-hybridized carbons (Fsp3) is 0.278. The smallest absolute Gasteiger partial charge is 0.225 e. The maximum atomic E-state index is 12.4. The number of hydrogen-bond donors (Lipinski definition) is 0. The van der Waals surface area contributed by atoms with E-state index in [0.717, 1.165) is 5.56 Å². The Bertz CT molecular complexity index is 772. The average molecular weight is 310 g/mol. The molecule has 0 bridgehead atoms. The summed E-state index contributed by atoms with van der Waals surface area (Å²) in [6.45, 7) is 5.88. The Kier molecular flexibility index (Phi) is 4.65. The molecule has 2 rings (SSSR count). The number of carbonyl (C=O) groups excluding carboxylic acids is 1. The Balaban J connectivity index is 2.29. The molecule has 0 N–H and O–H groups in total. The molecule has 0 unspecified atom stereocenters. The van der Waals surface area contributed by atoms with Crippen molar-refractivity contribution in [2.45, 2.75) is 26.2 Å². The molecule has 1 heterocycles. The lowest BCUT2D eigenvalue weighted by molar-refractivity contribution is 0.103. The molecule has 23 heavy (non-hydrogen) atoms. The van der Waals surface area contributed by atoms with Crippen LogP contribution in [-0.2, 0) is 5.41 Å². The highest BCUT2D eigenvalue weighted by Crippen LogP contribution is 2.24. The molecule has 0 radical (unpaired) electrons. The number of nitrogens with zero attached hydrogens (tertiary/aromatic N) is 2. The van der Waals surface area contributed by atoms with Crippen LogP contribution in [0.25, 0.3) is 6.08 Å². The Morgan fingerprint density at radius 2 is 1.96 bits per heavy atom. The minimum atomic E-state index is -0.456. The molecule has 0 atom stereocenters. The van der Waals surface area contributed by atoms with E-state index in [2.05, 4.69) is 5.16 Å². The van der Waals surface area contributed by atoms with Crippen molar-refractivity contribution in [2.75, 3.05) is 7.11 Å². The first-order chi connectivity index (χ1) is 10.8. The Morgan fingerprint density at radius 1 is 1.30 bits per heavy atom. The van der Waals surface area contributed by atoms with Gasteiger partial charge in [-0.1, -0.05) is 38.1 Å². The minimum Gasteiger partial charge on any atom is -0.497 e. The summed E-state index contributed by atoms with van der Waals surface area (Å²) in [5.74, 6) is 0.850. The molecule has 0 saturated carbocycles. The van der Waals surface area contributed by atoms with Gasteiger partial charge < -0.3 is 9.26 Å². The van der Waals surface area contributed by atoms with Gasteiger partial charge >= 0.3 is 0 Å². The monoisotopic (exact) mass is 310 g/mol. The Labute approximate surface area is 135 Å². The van der Waals surface area contributed by atoms with Crippen LogP contribution in [0, 0.1) is 11.3 Å². The van der Waals surface area contributed by atoms with Gasteiger partial charge in [0, 0.05) is 11.5 Å². The van der Waals surface area contributed by atoms with Crippen LogP contribution in [0.1, 0.15) is 42.6 Å². The number of rotatable bonds is 4. The third kappa shape index (κ3) is 3.86. The van der Waals surface area contributed by atoms with Crippen molar-refractivity contribution in [1.82, 2.24) is 5.16 Å². The molecule has 0 aliphatic rings. The zero-order valence-corrected chi connectivity index (χ0v) is 13.6. The Morgan fingerprint density at radius 3 is 2.43 bits per heavy atom. The van der Waals surface area contributed by atoms with Crippen molar-refractivity contribution < 1.29 is 14.1 Å². The molecule has 5 heteroatoms. The quantitative estimate of drug-likeness (QED) is 0.488. The van der Waals surface area contributed by atoms with E-state index in [-0.39, 0.29) is 16.7 Å². The van der Waals surface area contributed by atoms with Crippen molar-refractivity contribution >= 4 is 11.9 Å². The zero-order valence-electron chi connectivity index (χ0n) is 13.6. The number of Topliss-reactive ketones (excluding diaryl/α,β-unsaturated/α-hetero) is 1. The summed E-state index contributed by atoms with van der Waals surface area (Å²) in [6.07, 6.45) is 1.52. The minimum absolute atomic E-state index is 0.00364. The number of carbonyl (C=O) groups is 1. The summed E-state index contributed by atoms with van der Waals surface area (Å²) in [4.78, 5) is 12.4. The average Bonchev–Trinajstić information content (AvgIpc) is 3.02. The first-order valence-electron chi connectivity index (χ1n) is 7.13. The number of methoxy groups -OCH3 is 1. The molecule has 0 amide bonds. The molecule has 1 aromatic carbocycles. The second kappa shape index (κ2) is 6.49. The largest absolute Gasteiger partial charge is 0.497 e. The summed E-state index contributed by atoms with van der Waals surface area (Å²) in [7, 11) is 1.58. The number of allylic oxidation sites excluding steroid dienone is 1. The summed E-state index contributed by atoms with van der Waals surface area (Å²) in [5.41, 5.74) is 0.619. The van der Waals surface area contributed by atoms with Crippen LogP contribution in [0.5, 0.6) is 5.75 Å². The first-order valence-corrected chi connectivity index (χ1v) is 7.13. The lowest BCUT2D eigenvalue weighted by Gasteiger charge is -2.12. The Hall–Kier alpha value is -2.87. The second-order valence-electron chi connectivity index (χ2n) is 6.10. The van der Waals surface area contributed by atoms with Crippen LogP contribution in [-0.4, -0.2) is 18.0 Å². The summed E-state index contributed by atoms with van der Waals surface area (Å²) >= 11 is 0. The number of ether oxygens (including phenoxy) is 1. The van der Waals surface area contributed by atoms with Crippen LogP contribution >= 0.6 is 0 Å². The highest BCUT2D eigenvalue weighted by molar-refractivity contribution is 6.12. The summed E-state index contributed by atoms with van der Waals surface area (Å²) in [6, 6.07) is 10.6. The van der Waals surface area contributed by atoms with Crippen molar-refractivity contribution in [3.63, 3.8) is 0 Å². The van der Waals surface area contributed by atoms with E-state index in [1.807, 2.05) is 26.8 Å². The van der Waals surface area contributed by atoms with Crippen LogP contribution in [0.2, 0.25) is 0 Å². The fourth-order valence-electron chi connectivity index (χ4n) is 1.89. The van der Waals surface area contributed by atoms with E-state index in [4.69, 9.17) is 9.26 Å². The zero-order chi connectivity index (χ0) is 17.0. The topological polar surface area (TPSA) is 76.1 Å². The highest BCUT2D eigenvalue weighted by atomic mass is 16.5. The van der Waals surface area contributed by atoms with E-state index in [1.54, 1.807) is 37.4 Å². The molecular weight excluding hydrogens is 292 g/mol. The van der Waals surface area contributed by atoms with Crippen molar-refractivity contribution in [2.24, 2.45) is 0 Å². The van der Waals surface area contributed by atoms with E-state index in [9.17, 15) is 10.1 Å². The van der Waals surface area contributed by atoms with Crippen molar-refractivity contribution in [3.05, 3.63) is 52.9 Å². The summed E-state index contributed by atoms with van der Waals surface area (Å²) in [5, 5.41) is 13.0. The van der Waals surface area contributed by atoms with Gasteiger partial charge in [-0.3, -0.25) is 4.79 Å². The first kappa shape index (κ1) is 16.5. The predicted octanol–water partition coefficient (Wildman–Crippen LogP) is 3.77. The normalized spacial score (nSPS) is 11.9. The van der Waals surface area contributed by atoms with Gasteiger partial charge in [0.15, 0.2) is 5.69 Å². The maximum absolute atomic E-state index is 12.4. The molecule has 118 valence electrons. The number of benzene rings is 1. The number of nitriles is 1. The van der Waals surface area contributed by atoms with Gasteiger partial charge in [0.1, 0.15) is 23.2 Å². The molecule has 5 nitrogen and oxygen atoms in total. The predicted molar refractivity (Wildman–Crippen MR) is 86.1 cm³/mol. The highest BCUT2D eigenvalue weighted by Gasteiger charge is 2.23. The number of hydrogen-bond acceptors (Lipinski definition) is 5. The molecule has 2 aromatic rings. The molecule has 0 saturated heterocycles. The van der Waals surface area contributed by atoms with Gasteiger partial charge in [-0.2, -0.15) is 5.26 Å². The van der Waals surface area contributed by atoms with Gasteiger partial charge in [0.25, 0.3) is 0 Å². The van der Waals surface area contributed by atoms with Gasteiger partial charge in [0.05, 0.1) is 7.11 Å². The number of ketones is 1. The maximum Gasteiger partial charge on any atom is 0.225 e. The van der Waals surface area contributed by atoms with Gasteiger partial charge in [-0.15, -0.1) is 0 Å². The molecular formula is C18H18N2O3. The van der Waals surface area contributed by atoms with E-state index in [1.165, 1.54) is 6.08 Å². The fourth-order valence-corrected chi connectivity index (χ4v) is 1.89. The third-order valence-corrected chi connectivity index (χ3v) is 3.27. The molecule has 1 aromatic heterocycles. The van der Waals surface area contributed by atoms with E-state index < -0.39 is 5.78 Å². The van der Waals surface area contributed by atoms with Gasteiger partial charge in [-0.25, -0.2) is 0 Å². The lowest BCUT2D eigenvalue weighted by Crippen LogP contribution is -2.09. The molecule has 0 aliphatic heterocycles. The second-order valence-corrected chi connectivity index (χ2v) is 6.10. The van der Waals surface area contributed by atoms with Gasteiger partial charge in [0.2, 0.25) is 5.78 Å². The standard InChI is InChI=1S/C18H18N2O3/c1-18(2,3)16-10-15(20-23-16)17(21)13(11-19)9-12-5-7-14(22-4)8-6-12/h5-10H,1-4H3/b13-9+. The number of aromatic nitrogens is 1. The summed E-state index contributed by atoms with van der Waals surface area (Å²) < 4.78 is 10.3. The van der Waals surface area contributed by atoms with E-state index in [0.29, 0.717) is 11.5 Å². The van der Waals surface area contributed by atoms with Gasteiger partial charge in [-0.05, 0) is 23.8 Å². The molecule has 0 spiro atoms. The van der Waals surface area contributed by atoms with Crippen LogP contribution in [0.4, 0.5) is 0 Å². The van der Waals surface area contributed by atoms with Crippen molar-refractivity contribution in [1.29, 1.82) is 5.26 Å². The van der Waals surface area contributed by atoms with Crippen LogP contribution < -0.4 is 4.74 Å². The van der Waals surface area contributed by atoms with E-state index >= 15 is 0 Å². The molecule has 0 fully saturated rings. The van der Waals surface area contributed by atoms with Crippen LogP contribution in [0.15, 0.2) is 40.4 Å². The SMILES string of the molecule is COc1ccc(/C=C(\C#N)C(=O)c2cc(C(C)(C)C)on2)cc1. The lowest BCUT2D eigenvalue weighted by atomic mass is 9.92.